The number of ether oxygens (including phenoxy) is 1. The van der Waals surface area contributed by atoms with Crippen molar-refractivity contribution in [3.63, 3.8) is 0 Å². The van der Waals surface area contributed by atoms with Crippen LogP contribution in [0, 0.1) is 0 Å². The number of halogens is 1. The standard InChI is InChI=1S/C11H15ClN2O/c1-2-3-4-5-15-11-6-9(7-13)10(12)8-14-11/h2,6,8H,1,3-5,7,13H2. The van der Waals surface area contributed by atoms with Gasteiger partial charge < -0.3 is 10.5 Å². The van der Waals surface area contributed by atoms with Crippen molar-refractivity contribution in [3.05, 3.63) is 35.5 Å². The number of unbranched alkanes of at least 4 members (excludes halogenated alkanes) is 1. The third-order valence-electron chi connectivity index (χ3n) is 1.93. The van der Waals surface area contributed by atoms with Gasteiger partial charge in [-0.15, -0.1) is 6.58 Å². The predicted molar refractivity (Wildman–Crippen MR) is 62.1 cm³/mol. The summed E-state index contributed by atoms with van der Waals surface area (Å²) in [5.41, 5.74) is 6.37. The summed E-state index contributed by atoms with van der Waals surface area (Å²) in [4.78, 5) is 4.05. The molecule has 0 aliphatic heterocycles. The van der Waals surface area contributed by atoms with Crippen LogP contribution in [0.3, 0.4) is 0 Å². The van der Waals surface area contributed by atoms with Gasteiger partial charge in [0.25, 0.3) is 0 Å². The highest BCUT2D eigenvalue weighted by Crippen LogP contribution is 2.18. The summed E-state index contributed by atoms with van der Waals surface area (Å²) in [6.45, 7) is 4.66. The Kier molecular flexibility index (Phi) is 5.15. The lowest BCUT2D eigenvalue weighted by Crippen LogP contribution is -2.02. The smallest absolute Gasteiger partial charge is 0.213 e. The highest BCUT2D eigenvalue weighted by Gasteiger charge is 2.02. The second kappa shape index (κ2) is 6.43. The normalized spacial score (nSPS) is 10.0. The number of nitrogens with two attached hydrogens (primary N) is 1. The maximum Gasteiger partial charge on any atom is 0.213 e. The van der Waals surface area contributed by atoms with E-state index in [2.05, 4.69) is 11.6 Å². The molecule has 1 rings (SSSR count). The first-order chi connectivity index (χ1) is 7.27. The molecule has 1 aromatic heterocycles. The molecular formula is C11H15ClN2O. The van der Waals surface area contributed by atoms with E-state index in [0.29, 0.717) is 24.1 Å². The Morgan fingerprint density at radius 3 is 3.07 bits per heavy atom. The van der Waals surface area contributed by atoms with Gasteiger partial charge in [-0.25, -0.2) is 4.98 Å². The number of rotatable bonds is 6. The summed E-state index contributed by atoms with van der Waals surface area (Å²) in [7, 11) is 0. The molecule has 0 aliphatic rings. The molecule has 0 unspecified atom stereocenters. The van der Waals surface area contributed by atoms with E-state index in [0.717, 1.165) is 18.4 Å². The van der Waals surface area contributed by atoms with E-state index in [4.69, 9.17) is 22.1 Å². The van der Waals surface area contributed by atoms with E-state index in [1.165, 1.54) is 0 Å². The van der Waals surface area contributed by atoms with Gasteiger partial charge in [0, 0.05) is 18.8 Å². The highest BCUT2D eigenvalue weighted by atomic mass is 35.5. The van der Waals surface area contributed by atoms with Crippen molar-refractivity contribution in [2.75, 3.05) is 6.61 Å². The molecule has 0 fully saturated rings. The van der Waals surface area contributed by atoms with Gasteiger partial charge in [-0.2, -0.15) is 0 Å². The van der Waals surface area contributed by atoms with Crippen LogP contribution in [0.5, 0.6) is 5.88 Å². The molecular weight excluding hydrogens is 212 g/mol. The van der Waals surface area contributed by atoms with Crippen molar-refractivity contribution < 1.29 is 4.74 Å². The molecule has 0 spiro atoms. The Hall–Kier alpha value is -1.06. The van der Waals surface area contributed by atoms with Crippen molar-refractivity contribution >= 4 is 11.6 Å². The molecule has 0 saturated heterocycles. The first-order valence-corrected chi connectivity index (χ1v) is 5.24. The quantitative estimate of drug-likeness (QED) is 0.599. The van der Waals surface area contributed by atoms with Gasteiger partial charge >= 0.3 is 0 Å². The fourth-order valence-electron chi connectivity index (χ4n) is 1.10. The summed E-state index contributed by atoms with van der Waals surface area (Å²) in [6, 6.07) is 1.77. The van der Waals surface area contributed by atoms with Crippen LogP contribution >= 0.6 is 11.6 Å². The SMILES string of the molecule is C=CCCCOc1cc(CN)c(Cl)cn1. The van der Waals surface area contributed by atoms with Gasteiger partial charge in [0.05, 0.1) is 11.6 Å². The molecule has 0 bridgehead atoms. The molecule has 1 heterocycles. The first kappa shape index (κ1) is 12.0. The summed E-state index contributed by atoms with van der Waals surface area (Å²) in [5, 5.41) is 0.580. The Morgan fingerprint density at radius 2 is 2.40 bits per heavy atom. The van der Waals surface area contributed by atoms with Gasteiger partial charge in [-0.05, 0) is 18.4 Å². The van der Waals surface area contributed by atoms with Crippen LogP contribution in [0.25, 0.3) is 0 Å². The molecule has 2 N–H and O–H groups in total. The third-order valence-corrected chi connectivity index (χ3v) is 2.27. The zero-order valence-electron chi connectivity index (χ0n) is 8.58. The summed E-state index contributed by atoms with van der Waals surface area (Å²) in [6.07, 6.45) is 5.31. The van der Waals surface area contributed by atoms with Crippen LogP contribution < -0.4 is 10.5 Å². The molecule has 0 aliphatic carbocycles. The molecule has 0 amide bonds. The van der Waals surface area contributed by atoms with Crippen LogP contribution in [0.4, 0.5) is 0 Å². The lowest BCUT2D eigenvalue weighted by atomic mass is 10.2. The van der Waals surface area contributed by atoms with Gasteiger partial charge in [0.1, 0.15) is 0 Å². The predicted octanol–water partition coefficient (Wildman–Crippen LogP) is 2.54. The van der Waals surface area contributed by atoms with Crippen LogP contribution in [0.15, 0.2) is 24.9 Å². The average Bonchev–Trinajstić information content (AvgIpc) is 2.26. The van der Waals surface area contributed by atoms with Crippen LogP contribution in [0.1, 0.15) is 18.4 Å². The molecule has 0 radical (unpaired) electrons. The van der Waals surface area contributed by atoms with Gasteiger partial charge in [-0.1, -0.05) is 17.7 Å². The zero-order chi connectivity index (χ0) is 11.1. The summed E-state index contributed by atoms with van der Waals surface area (Å²) >= 11 is 5.87. The molecule has 0 aromatic carbocycles. The minimum atomic E-state index is 0.393. The first-order valence-electron chi connectivity index (χ1n) is 4.86. The minimum absolute atomic E-state index is 0.393. The zero-order valence-corrected chi connectivity index (χ0v) is 9.33. The second-order valence-electron chi connectivity index (χ2n) is 3.10. The molecule has 82 valence electrons. The molecule has 1 aromatic rings. The lowest BCUT2D eigenvalue weighted by molar-refractivity contribution is 0.300. The monoisotopic (exact) mass is 226 g/mol. The Bertz CT molecular complexity index is 328. The van der Waals surface area contributed by atoms with Gasteiger partial charge in [0.2, 0.25) is 5.88 Å². The largest absolute Gasteiger partial charge is 0.478 e. The van der Waals surface area contributed by atoms with Crippen molar-refractivity contribution in [1.82, 2.24) is 4.98 Å². The molecule has 15 heavy (non-hydrogen) atoms. The van der Waals surface area contributed by atoms with Gasteiger partial charge in [0.15, 0.2) is 0 Å². The number of pyridine rings is 1. The maximum atomic E-state index is 5.87. The Balaban J connectivity index is 2.50. The summed E-state index contributed by atoms with van der Waals surface area (Å²) in [5.74, 6) is 0.573. The molecule has 4 heteroatoms. The number of aromatic nitrogens is 1. The average molecular weight is 227 g/mol. The van der Waals surface area contributed by atoms with E-state index in [1.54, 1.807) is 12.3 Å². The van der Waals surface area contributed by atoms with E-state index in [9.17, 15) is 0 Å². The van der Waals surface area contributed by atoms with E-state index < -0.39 is 0 Å². The van der Waals surface area contributed by atoms with Crippen LogP contribution in [-0.2, 0) is 6.54 Å². The summed E-state index contributed by atoms with van der Waals surface area (Å²) < 4.78 is 5.43. The minimum Gasteiger partial charge on any atom is -0.478 e. The van der Waals surface area contributed by atoms with Gasteiger partial charge in [-0.3, -0.25) is 0 Å². The van der Waals surface area contributed by atoms with Crippen molar-refractivity contribution in [2.24, 2.45) is 5.73 Å². The third kappa shape index (κ3) is 3.90. The second-order valence-corrected chi connectivity index (χ2v) is 3.50. The van der Waals surface area contributed by atoms with E-state index in [-0.39, 0.29) is 0 Å². The number of hydrogen-bond acceptors (Lipinski definition) is 3. The number of hydrogen-bond donors (Lipinski definition) is 1. The molecule has 3 nitrogen and oxygen atoms in total. The Labute approximate surface area is 94.9 Å². The topological polar surface area (TPSA) is 48.1 Å². The molecule has 0 saturated carbocycles. The van der Waals surface area contributed by atoms with E-state index in [1.807, 2.05) is 6.08 Å². The van der Waals surface area contributed by atoms with Crippen molar-refractivity contribution in [2.45, 2.75) is 19.4 Å². The fraction of sp³-hybridized carbons (Fsp3) is 0.364. The van der Waals surface area contributed by atoms with Crippen molar-refractivity contribution in [1.29, 1.82) is 0 Å². The highest BCUT2D eigenvalue weighted by molar-refractivity contribution is 6.31. The van der Waals surface area contributed by atoms with Crippen molar-refractivity contribution in [3.8, 4) is 5.88 Å². The number of nitrogens with zero attached hydrogens (tertiary/aromatic N) is 1. The molecule has 0 atom stereocenters. The number of allylic oxidation sites excluding steroid dienone is 1. The fourth-order valence-corrected chi connectivity index (χ4v) is 1.28. The lowest BCUT2D eigenvalue weighted by Gasteiger charge is -2.06. The van der Waals surface area contributed by atoms with Crippen LogP contribution in [-0.4, -0.2) is 11.6 Å². The van der Waals surface area contributed by atoms with Crippen LogP contribution in [0.2, 0.25) is 5.02 Å². The van der Waals surface area contributed by atoms with E-state index >= 15 is 0 Å². The maximum absolute atomic E-state index is 5.87. The Morgan fingerprint density at radius 1 is 1.60 bits per heavy atom.